The van der Waals surface area contributed by atoms with Crippen molar-refractivity contribution in [3.05, 3.63) is 0 Å². The maximum atomic E-state index is 5.49. The molecule has 0 radical (unpaired) electrons. The maximum Gasteiger partial charge on any atom is 0.0916 e. The summed E-state index contributed by atoms with van der Waals surface area (Å²) in [6.45, 7) is 3.31. The minimum Gasteiger partial charge on any atom is -0.370 e. The minimum atomic E-state index is 0.310. The van der Waals surface area contributed by atoms with Gasteiger partial charge in [-0.25, -0.2) is 0 Å². The normalized spacial score (nSPS) is 40.1. The van der Waals surface area contributed by atoms with Crippen LogP contribution < -0.4 is 0 Å². The summed E-state index contributed by atoms with van der Waals surface area (Å²) in [5.41, 5.74) is 0.310. The lowest BCUT2D eigenvalue weighted by Crippen LogP contribution is -2.19. The Kier molecular flexibility index (Phi) is 1.92. The highest BCUT2D eigenvalue weighted by Gasteiger charge is 2.46. The molecule has 1 heterocycles. The first kappa shape index (κ1) is 7.60. The van der Waals surface area contributed by atoms with E-state index in [-0.39, 0.29) is 0 Å². The lowest BCUT2D eigenvalue weighted by Gasteiger charge is -2.17. The zero-order valence-electron chi connectivity index (χ0n) is 7.44. The molecule has 0 amide bonds. The molecule has 0 spiro atoms. The van der Waals surface area contributed by atoms with Gasteiger partial charge in [0.25, 0.3) is 0 Å². The van der Waals surface area contributed by atoms with E-state index in [0.29, 0.717) is 5.60 Å². The standard InChI is InChI=1S/C10H18O/c1-10(8-11-10)9-6-4-2-3-5-7-9/h9H,2-8H2,1H3. The topological polar surface area (TPSA) is 12.5 Å². The number of rotatable bonds is 1. The first-order valence-corrected chi connectivity index (χ1v) is 4.95. The zero-order valence-corrected chi connectivity index (χ0v) is 7.44. The van der Waals surface area contributed by atoms with E-state index in [1.807, 2.05) is 0 Å². The van der Waals surface area contributed by atoms with Crippen LogP contribution in [0, 0.1) is 5.92 Å². The van der Waals surface area contributed by atoms with Crippen LogP contribution in [-0.2, 0) is 4.74 Å². The number of hydrogen-bond donors (Lipinski definition) is 0. The summed E-state index contributed by atoms with van der Waals surface area (Å²) in [5.74, 6) is 0.880. The predicted octanol–water partition coefficient (Wildman–Crippen LogP) is 2.75. The molecule has 1 aliphatic heterocycles. The largest absolute Gasteiger partial charge is 0.370 e. The van der Waals surface area contributed by atoms with E-state index in [9.17, 15) is 0 Å². The molecule has 0 aromatic carbocycles. The molecule has 1 heteroatoms. The molecule has 1 nitrogen and oxygen atoms in total. The van der Waals surface area contributed by atoms with Crippen molar-refractivity contribution in [2.24, 2.45) is 5.92 Å². The van der Waals surface area contributed by atoms with Crippen LogP contribution >= 0.6 is 0 Å². The Balaban J connectivity index is 1.90. The van der Waals surface area contributed by atoms with Gasteiger partial charge in [0.2, 0.25) is 0 Å². The summed E-state index contributed by atoms with van der Waals surface area (Å²) in [5, 5.41) is 0. The summed E-state index contributed by atoms with van der Waals surface area (Å²) in [6.07, 6.45) is 8.60. The SMILES string of the molecule is CC1(C2CCCCCC2)CO1. The average molecular weight is 154 g/mol. The first-order chi connectivity index (χ1) is 5.31. The molecule has 0 aromatic heterocycles. The third kappa shape index (κ3) is 1.58. The van der Waals surface area contributed by atoms with E-state index in [2.05, 4.69) is 6.92 Å². The Morgan fingerprint density at radius 2 is 1.64 bits per heavy atom. The van der Waals surface area contributed by atoms with Crippen LogP contribution in [-0.4, -0.2) is 12.2 Å². The first-order valence-electron chi connectivity index (χ1n) is 4.95. The third-order valence-corrected chi connectivity index (χ3v) is 3.32. The van der Waals surface area contributed by atoms with Gasteiger partial charge in [-0.15, -0.1) is 0 Å². The van der Waals surface area contributed by atoms with Gasteiger partial charge in [-0.1, -0.05) is 25.7 Å². The number of ether oxygens (including phenoxy) is 1. The van der Waals surface area contributed by atoms with Crippen LogP contribution in [0.15, 0.2) is 0 Å². The van der Waals surface area contributed by atoms with Gasteiger partial charge in [0.05, 0.1) is 12.2 Å². The second kappa shape index (κ2) is 2.78. The summed E-state index contributed by atoms with van der Waals surface area (Å²) >= 11 is 0. The highest BCUT2D eigenvalue weighted by molar-refractivity contribution is 4.94. The van der Waals surface area contributed by atoms with Crippen LogP contribution in [0.2, 0.25) is 0 Å². The van der Waals surface area contributed by atoms with Crippen molar-refractivity contribution in [2.75, 3.05) is 6.61 Å². The van der Waals surface area contributed by atoms with E-state index >= 15 is 0 Å². The summed E-state index contributed by atoms with van der Waals surface area (Å²) in [4.78, 5) is 0. The number of hydrogen-bond acceptors (Lipinski definition) is 1. The fraction of sp³-hybridized carbons (Fsp3) is 1.00. The van der Waals surface area contributed by atoms with E-state index in [4.69, 9.17) is 4.74 Å². The van der Waals surface area contributed by atoms with Crippen molar-refractivity contribution in [1.82, 2.24) is 0 Å². The van der Waals surface area contributed by atoms with Crippen LogP contribution in [0.3, 0.4) is 0 Å². The molecule has 11 heavy (non-hydrogen) atoms. The van der Waals surface area contributed by atoms with Gasteiger partial charge in [0, 0.05) is 0 Å². The Morgan fingerprint density at radius 3 is 2.09 bits per heavy atom. The van der Waals surface area contributed by atoms with E-state index in [0.717, 1.165) is 12.5 Å². The Hall–Kier alpha value is -0.0400. The van der Waals surface area contributed by atoms with Crippen LogP contribution in [0.25, 0.3) is 0 Å². The van der Waals surface area contributed by atoms with Crippen molar-refractivity contribution in [3.8, 4) is 0 Å². The van der Waals surface area contributed by atoms with E-state index < -0.39 is 0 Å². The van der Waals surface area contributed by atoms with Crippen LogP contribution in [0.5, 0.6) is 0 Å². The fourth-order valence-corrected chi connectivity index (χ4v) is 2.24. The average Bonchev–Trinajstić information content (AvgIpc) is 2.73. The Labute approximate surface area is 69.1 Å². The van der Waals surface area contributed by atoms with Crippen molar-refractivity contribution >= 4 is 0 Å². The fourth-order valence-electron chi connectivity index (χ4n) is 2.24. The lowest BCUT2D eigenvalue weighted by molar-refractivity contribution is 0.216. The highest BCUT2D eigenvalue weighted by Crippen LogP contribution is 2.41. The minimum absolute atomic E-state index is 0.310. The Morgan fingerprint density at radius 1 is 1.09 bits per heavy atom. The predicted molar refractivity (Wildman–Crippen MR) is 45.5 cm³/mol. The second-order valence-corrected chi connectivity index (χ2v) is 4.29. The van der Waals surface area contributed by atoms with Crippen LogP contribution in [0.4, 0.5) is 0 Å². The lowest BCUT2D eigenvalue weighted by atomic mass is 9.88. The monoisotopic (exact) mass is 154 g/mol. The van der Waals surface area contributed by atoms with Crippen molar-refractivity contribution in [2.45, 2.75) is 51.0 Å². The molecule has 2 aliphatic rings. The summed E-state index contributed by atoms with van der Waals surface area (Å²) in [6, 6.07) is 0. The molecular weight excluding hydrogens is 136 g/mol. The van der Waals surface area contributed by atoms with E-state index in [1.165, 1.54) is 38.5 Å². The molecular formula is C10H18O. The molecule has 2 fully saturated rings. The van der Waals surface area contributed by atoms with Gasteiger partial charge in [-0.3, -0.25) is 0 Å². The van der Waals surface area contributed by atoms with Crippen LogP contribution in [0.1, 0.15) is 45.4 Å². The van der Waals surface area contributed by atoms with Gasteiger partial charge >= 0.3 is 0 Å². The van der Waals surface area contributed by atoms with Crippen molar-refractivity contribution < 1.29 is 4.74 Å². The Bertz CT molecular complexity index is 130. The molecule has 1 unspecified atom stereocenters. The van der Waals surface area contributed by atoms with Gasteiger partial charge in [0.15, 0.2) is 0 Å². The van der Waals surface area contributed by atoms with Gasteiger partial charge < -0.3 is 4.74 Å². The second-order valence-electron chi connectivity index (χ2n) is 4.29. The molecule has 0 N–H and O–H groups in total. The quantitative estimate of drug-likeness (QED) is 0.418. The van der Waals surface area contributed by atoms with Gasteiger partial charge in [-0.05, 0) is 25.7 Å². The molecule has 1 aliphatic carbocycles. The maximum absolute atomic E-state index is 5.49. The molecule has 0 aromatic rings. The van der Waals surface area contributed by atoms with Crippen molar-refractivity contribution in [3.63, 3.8) is 0 Å². The highest BCUT2D eigenvalue weighted by atomic mass is 16.6. The summed E-state index contributed by atoms with van der Waals surface area (Å²) < 4.78 is 5.49. The molecule has 1 saturated carbocycles. The van der Waals surface area contributed by atoms with Crippen molar-refractivity contribution in [1.29, 1.82) is 0 Å². The smallest absolute Gasteiger partial charge is 0.0916 e. The molecule has 0 bridgehead atoms. The van der Waals surface area contributed by atoms with Gasteiger partial charge in [0.1, 0.15) is 0 Å². The molecule has 1 saturated heterocycles. The zero-order chi connectivity index (χ0) is 7.73. The van der Waals surface area contributed by atoms with Gasteiger partial charge in [-0.2, -0.15) is 0 Å². The third-order valence-electron chi connectivity index (χ3n) is 3.32. The number of epoxide rings is 1. The van der Waals surface area contributed by atoms with E-state index in [1.54, 1.807) is 0 Å². The molecule has 64 valence electrons. The molecule has 2 rings (SSSR count). The summed E-state index contributed by atoms with van der Waals surface area (Å²) in [7, 11) is 0. The molecule has 1 atom stereocenters.